The van der Waals surface area contributed by atoms with Gasteiger partial charge in [-0.25, -0.2) is 9.37 Å². The molecular weight excluding hydrogens is 509 g/mol. The maximum Gasteiger partial charge on any atom is 0.200 e. The molecule has 0 aliphatic carbocycles. The summed E-state index contributed by atoms with van der Waals surface area (Å²) in [5.74, 6) is 1.05. The van der Waals surface area contributed by atoms with E-state index in [1.807, 2.05) is 6.92 Å². The van der Waals surface area contributed by atoms with Crippen molar-refractivity contribution in [3.05, 3.63) is 111 Å². The summed E-state index contributed by atoms with van der Waals surface area (Å²) in [4.78, 5) is 39.1. The molecule has 0 spiro atoms. The zero-order chi connectivity index (χ0) is 28.4. The van der Waals surface area contributed by atoms with Gasteiger partial charge in [-0.3, -0.25) is 14.6 Å². The second-order valence-electron chi connectivity index (χ2n) is 9.52. The number of hydrogen-bond donors (Lipinski definition) is 1. The molecule has 0 fully saturated rings. The Bertz CT molecular complexity index is 1800. The highest BCUT2D eigenvalue weighted by Gasteiger charge is 2.22. The molecule has 5 aromatic rings. The minimum absolute atomic E-state index is 0.0425. The topological polar surface area (TPSA) is 94.2 Å². The zero-order valence-corrected chi connectivity index (χ0v) is 22.7. The van der Waals surface area contributed by atoms with Crippen LogP contribution in [0.2, 0.25) is 0 Å². The number of pyridine rings is 3. The number of aryl methyl sites for hydroxylation is 3. The molecule has 5 rings (SSSR count). The molecule has 1 N–H and O–H groups in total. The fourth-order valence-corrected chi connectivity index (χ4v) is 4.83. The number of nitrogens with zero attached hydrogens (tertiary/aromatic N) is 2. The van der Waals surface area contributed by atoms with Crippen LogP contribution in [0.25, 0.3) is 22.2 Å². The zero-order valence-electron chi connectivity index (χ0n) is 22.7. The molecule has 0 radical (unpaired) electrons. The number of methoxy groups -OCH3 is 1. The number of H-pyrrole nitrogens is 1. The third kappa shape index (κ3) is 5.20. The number of carbonyl (C=O) groups excluding carboxylic acids is 1. The Hall–Kier alpha value is -4.85. The van der Waals surface area contributed by atoms with Gasteiger partial charge in [-0.1, -0.05) is 25.1 Å². The van der Waals surface area contributed by atoms with Gasteiger partial charge < -0.3 is 14.5 Å². The van der Waals surface area contributed by atoms with Gasteiger partial charge in [0.05, 0.1) is 24.4 Å². The van der Waals surface area contributed by atoms with Crippen molar-refractivity contribution in [2.75, 3.05) is 7.11 Å². The third-order valence-electron chi connectivity index (χ3n) is 6.83. The number of aromatic amines is 1. The summed E-state index contributed by atoms with van der Waals surface area (Å²) < 4.78 is 25.0. The third-order valence-corrected chi connectivity index (χ3v) is 6.83. The minimum Gasteiger partial charge on any atom is -0.495 e. The van der Waals surface area contributed by atoms with Gasteiger partial charge in [0, 0.05) is 41.7 Å². The van der Waals surface area contributed by atoms with Crippen molar-refractivity contribution in [1.82, 2.24) is 15.0 Å². The highest BCUT2D eigenvalue weighted by molar-refractivity contribution is 5.99. The summed E-state index contributed by atoms with van der Waals surface area (Å²) in [6, 6.07) is 14.9. The van der Waals surface area contributed by atoms with Crippen LogP contribution in [0.4, 0.5) is 4.39 Å². The first-order chi connectivity index (χ1) is 19.3. The number of aromatic nitrogens is 3. The van der Waals surface area contributed by atoms with Gasteiger partial charge in [0.15, 0.2) is 11.5 Å². The van der Waals surface area contributed by atoms with Crippen molar-refractivity contribution in [1.29, 1.82) is 0 Å². The Labute approximate surface area is 230 Å². The van der Waals surface area contributed by atoms with Gasteiger partial charge in [-0.05, 0) is 61.2 Å². The van der Waals surface area contributed by atoms with Crippen molar-refractivity contribution in [2.45, 2.75) is 33.6 Å². The van der Waals surface area contributed by atoms with Gasteiger partial charge in [-0.2, -0.15) is 0 Å². The van der Waals surface area contributed by atoms with Crippen molar-refractivity contribution < 1.29 is 18.7 Å². The molecule has 3 heterocycles. The van der Waals surface area contributed by atoms with Crippen LogP contribution in [-0.2, 0) is 12.8 Å². The molecule has 7 nitrogen and oxygen atoms in total. The monoisotopic (exact) mass is 537 g/mol. The van der Waals surface area contributed by atoms with E-state index < -0.39 is 0 Å². The molecule has 202 valence electrons. The van der Waals surface area contributed by atoms with Crippen molar-refractivity contribution >= 4 is 16.8 Å². The lowest BCUT2D eigenvalue weighted by Crippen LogP contribution is -2.24. The minimum atomic E-state index is -0.377. The molecule has 0 saturated carbocycles. The molecule has 0 aliphatic rings. The molecule has 8 heteroatoms. The summed E-state index contributed by atoms with van der Waals surface area (Å²) in [7, 11) is 1.57. The summed E-state index contributed by atoms with van der Waals surface area (Å²) in [5, 5.41) is 0. The number of nitrogens with one attached hydrogen (secondary N) is 1. The predicted molar refractivity (Wildman–Crippen MR) is 152 cm³/mol. The lowest BCUT2D eigenvalue weighted by atomic mass is 9.93. The highest BCUT2D eigenvalue weighted by Crippen LogP contribution is 2.30. The van der Waals surface area contributed by atoms with E-state index in [1.54, 1.807) is 75.8 Å². The highest BCUT2D eigenvalue weighted by atomic mass is 19.1. The van der Waals surface area contributed by atoms with Gasteiger partial charge in [0.2, 0.25) is 5.43 Å². The van der Waals surface area contributed by atoms with Crippen LogP contribution in [0.15, 0.2) is 71.8 Å². The normalized spacial score (nSPS) is 11.0. The molecule has 0 unspecified atom stereocenters. The average Bonchev–Trinajstić information content (AvgIpc) is 2.94. The Morgan fingerprint density at radius 3 is 2.48 bits per heavy atom. The van der Waals surface area contributed by atoms with Crippen LogP contribution >= 0.6 is 0 Å². The Kier molecular flexibility index (Phi) is 7.42. The number of hydrogen-bond acceptors (Lipinski definition) is 6. The van der Waals surface area contributed by atoms with Crippen molar-refractivity contribution in [3.8, 4) is 28.4 Å². The molecule has 0 amide bonds. The smallest absolute Gasteiger partial charge is 0.200 e. The van der Waals surface area contributed by atoms with Crippen molar-refractivity contribution in [3.63, 3.8) is 0 Å². The number of fused-ring (bicyclic) bond motifs is 1. The van der Waals surface area contributed by atoms with Gasteiger partial charge in [0.1, 0.15) is 22.8 Å². The number of Topliss-reactive ketones (excluding diaryl/α,β-unsaturated/α-hetero) is 1. The fourth-order valence-electron chi connectivity index (χ4n) is 4.83. The van der Waals surface area contributed by atoms with Gasteiger partial charge >= 0.3 is 0 Å². The molecule has 3 aromatic heterocycles. The molecule has 40 heavy (non-hydrogen) atoms. The van der Waals surface area contributed by atoms with E-state index in [0.717, 1.165) is 5.56 Å². The van der Waals surface area contributed by atoms with Crippen molar-refractivity contribution in [2.24, 2.45) is 0 Å². The SMILES string of the molecule is CCc1[nH]c(C)c(-c2ccc(F)cc2C)c(=O)c1C(=O)Cc1ccc(Oc2ccnc3cc(OC)cnc23)cc1. The number of ether oxygens (including phenoxy) is 2. The maximum atomic E-state index is 13.7. The number of rotatable bonds is 8. The average molecular weight is 538 g/mol. The summed E-state index contributed by atoms with van der Waals surface area (Å²) in [5.41, 5.74) is 4.62. The first kappa shape index (κ1) is 26.7. The van der Waals surface area contributed by atoms with E-state index in [-0.39, 0.29) is 29.0 Å². The van der Waals surface area contributed by atoms with Crippen LogP contribution in [0.3, 0.4) is 0 Å². The number of benzene rings is 2. The van der Waals surface area contributed by atoms with E-state index in [2.05, 4.69) is 15.0 Å². The lowest BCUT2D eigenvalue weighted by molar-refractivity contribution is 0.0990. The second kappa shape index (κ2) is 11.1. The van der Waals surface area contributed by atoms with Crippen LogP contribution in [0.5, 0.6) is 17.2 Å². The maximum absolute atomic E-state index is 13.7. The van der Waals surface area contributed by atoms with E-state index in [4.69, 9.17) is 9.47 Å². The number of halogens is 1. The first-order valence-electron chi connectivity index (χ1n) is 12.9. The van der Waals surface area contributed by atoms with Gasteiger partial charge in [0.25, 0.3) is 0 Å². The lowest BCUT2D eigenvalue weighted by Gasteiger charge is -2.15. The first-order valence-corrected chi connectivity index (χ1v) is 12.9. The molecule has 0 atom stereocenters. The molecule has 2 aromatic carbocycles. The van der Waals surface area contributed by atoms with Gasteiger partial charge in [-0.15, -0.1) is 0 Å². The predicted octanol–water partition coefficient (Wildman–Crippen LogP) is 6.53. The largest absolute Gasteiger partial charge is 0.495 e. The van der Waals surface area contributed by atoms with Crippen LogP contribution in [0.1, 0.15) is 39.8 Å². The van der Waals surface area contributed by atoms with Crippen LogP contribution < -0.4 is 14.9 Å². The summed E-state index contributed by atoms with van der Waals surface area (Å²) in [6.45, 7) is 5.44. The van der Waals surface area contributed by atoms with E-state index in [9.17, 15) is 14.0 Å². The summed E-state index contributed by atoms with van der Waals surface area (Å²) in [6.07, 6.45) is 3.77. The Morgan fingerprint density at radius 1 is 1.00 bits per heavy atom. The van der Waals surface area contributed by atoms with E-state index >= 15 is 0 Å². The molecule has 0 bridgehead atoms. The standard InChI is InChI=1S/C32H28FN3O4/c1-5-25-30(32(38)29(19(3)36-25)24-11-8-21(33)14-18(24)2)27(37)15-20-6-9-22(10-7-20)40-28-12-13-34-26-16-23(39-4)17-35-31(26)28/h6-14,16-17H,5,15H2,1-4H3,(H,36,38). The van der Waals surface area contributed by atoms with E-state index in [1.165, 1.54) is 12.1 Å². The molecule has 0 aliphatic heterocycles. The quantitative estimate of drug-likeness (QED) is 0.226. The van der Waals surface area contributed by atoms with E-state index in [0.29, 0.717) is 62.8 Å². The summed E-state index contributed by atoms with van der Waals surface area (Å²) >= 11 is 0. The molecular formula is C32H28FN3O4. The number of ketones is 1. The fraction of sp³-hybridized carbons (Fsp3) is 0.188. The van der Waals surface area contributed by atoms with Crippen LogP contribution in [0, 0.1) is 19.7 Å². The number of carbonyl (C=O) groups is 1. The Balaban J connectivity index is 1.41. The second-order valence-corrected chi connectivity index (χ2v) is 9.52. The van der Waals surface area contributed by atoms with Crippen LogP contribution in [-0.4, -0.2) is 27.8 Å². The Morgan fingerprint density at radius 2 is 1.77 bits per heavy atom. The molecule has 0 saturated heterocycles.